The summed E-state index contributed by atoms with van der Waals surface area (Å²) < 4.78 is 7.59. The Labute approximate surface area is 240 Å². The van der Waals surface area contributed by atoms with E-state index in [0.29, 0.717) is 42.9 Å². The van der Waals surface area contributed by atoms with E-state index in [-0.39, 0.29) is 16.7 Å². The molecule has 1 saturated carbocycles. The maximum Gasteiger partial charge on any atom is 0.274 e. The lowest BCUT2D eigenvalue weighted by Crippen LogP contribution is -2.44. The van der Waals surface area contributed by atoms with Crippen molar-refractivity contribution < 1.29 is 9.53 Å². The zero-order chi connectivity index (χ0) is 28.6. The van der Waals surface area contributed by atoms with E-state index in [1.165, 1.54) is 0 Å². The molecule has 2 aromatic heterocycles. The summed E-state index contributed by atoms with van der Waals surface area (Å²) in [7, 11) is 1.95. The lowest BCUT2D eigenvalue weighted by Gasteiger charge is -2.46. The van der Waals surface area contributed by atoms with Gasteiger partial charge in [-0.15, -0.1) is 10.2 Å². The smallest absolute Gasteiger partial charge is 0.274 e. The third-order valence-electron chi connectivity index (χ3n) is 8.89. The summed E-state index contributed by atoms with van der Waals surface area (Å²) in [5.41, 5.74) is 4.66. The van der Waals surface area contributed by atoms with Gasteiger partial charge in [0.05, 0.1) is 29.5 Å². The number of aromatic nitrogens is 4. The predicted octanol–water partition coefficient (Wildman–Crippen LogP) is 4.04. The van der Waals surface area contributed by atoms with Crippen LogP contribution in [0, 0.1) is 17.2 Å². The summed E-state index contributed by atoms with van der Waals surface area (Å²) in [6.07, 6.45) is 6.02. The monoisotopic (exact) mass is 554 g/mol. The molecule has 2 aliphatic heterocycles. The average molecular weight is 555 g/mol. The minimum Gasteiger partial charge on any atom is -0.382 e. The molecule has 3 aliphatic rings. The summed E-state index contributed by atoms with van der Waals surface area (Å²) in [6, 6.07) is 12.5. The van der Waals surface area contributed by atoms with Crippen LogP contribution in [0.3, 0.4) is 0 Å². The van der Waals surface area contributed by atoms with E-state index in [4.69, 9.17) is 9.72 Å². The number of carbonyl (C=O) groups is 1. The van der Waals surface area contributed by atoms with Crippen molar-refractivity contribution in [1.82, 2.24) is 25.1 Å². The van der Waals surface area contributed by atoms with Crippen LogP contribution in [0.5, 0.6) is 0 Å². The van der Waals surface area contributed by atoms with E-state index in [1.807, 2.05) is 35.9 Å². The largest absolute Gasteiger partial charge is 0.382 e. The minimum absolute atomic E-state index is 0.180. The number of pyridine rings is 1. The number of nitrogens with one attached hydrogen (secondary N) is 3. The predicted molar refractivity (Wildman–Crippen MR) is 156 cm³/mol. The number of fused-ring (bicyclic) bond motifs is 1. The van der Waals surface area contributed by atoms with Crippen molar-refractivity contribution in [3.8, 4) is 6.07 Å². The standard InChI is InChI=1S/C31H38N8O2/c1-30(2)18-34-26-21(16-33-24-8-5-11-41-17-24)12-25(37-27(26)30)28(40)36-23-7-4-6-22(13-23)31(14-20(15-31)9-10-32)29-38-35-19-39(29)3/h4,6-7,12-13,19-20,24,33-34H,5,8-9,11,14-18H2,1-3H3,(H,36,40)/t20-,24-,31+/m1/s1. The molecular weight excluding hydrogens is 516 g/mol. The van der Waals surface area contributed by atoms with Gasteiger partial charge in [0.2, 0.25) is 0 Å². The van der Waals surface area contributed by atoms with Gasteiger partial charge in [-0.1, -0.05) is 26.0 Å². The van der Waals surface area contributed by atoms with Crippen LogP contribution in [0.2, 0.25) is 0 Å². The number of nitriles is 1. The Morgan fingerprint density at radius 1 is 1.29 bits per heavy atom. The van der Waals surface area contributed by atoms with E-state index >= 15 is 0 Å². The van der Waals surface area contributed by atoms with Gasteiger partial charge in [0.1, 0.15) is 17.8 Å². The van der Waals surface area contributed by atoms with E-state index in [2.05, 4.69) is 52.1 Å². The molecule has 1 aromatic carbocycles. The highest BCUT2D eigenvalue weighted by atomic mass is 16.5. The molecule has 3 aromatic rings. The molecule has 10 heteroatoms. The summed E-state index contributed by atoms with van der Waals surface area (Å²) in [5, 5.41) is 28.1. The zero-order valence-electron chi connectivity index (χ0n) is 24.0. The Balaban J connectivity index is 1.26. The molecule has 10 nitrogen and oxygen atoms in total. The number of hydrogen-bond acceptors (Lipinski definition) is 8. The van der Waals surface area contributed by atoms with Crippen molar-refractivity contribution in [2.24, 2.45) is 13.0 Å². The van der Waals surface area contributed by atoms with E-state index in [1.54, 1.807) is 6.33 Å². The van der Waals surface area contributed by atoms with Crippen LogP contribution >= 0.6 is 0 Å². The topological polar surface area (TPSA) is 130 Å². The van der Waals surface area contributed by atoms with Crippen LogP contribution in [0.4, 0.5) is 11.4 Å². The number of anilines is 2. The summed E-state index contributed by atoms with van der Waals surface area (Å²) in [5.74, 6) is 0.957. The highest BCUT2D eigenvalue weighted by Crippen LogP contribution is 2.53. The van der Waals surface area contributed by atoms with Crippen LogP contribution in [-0.2, 0) is 29.2 Å². The Morgan fingerprint density at radius 3 is 2.88 bits per heavy atom. The van der Waals surface area contributed by atoms with Crippen LogP contribution in [0.1, 0.15) is 79.1 Å². The first kappa shape index (κ1) is 27.4. The van der Waals surface area contributed by atoms with Gasteiger partial charge in [-0.2, -0.15) is 5.26 Å². The van der Waals surface area contributed by atoms with Gasteiger partial charge in [0, 0.05) is 50.3 Å². The number of nitrogens with zero attached hydrogens (tertiary/aromatic N) is 5. The molecule has 3 N–H and O–H groups in total. The van der Waals surface area contributed by atoms with Crippen molar-refractivity contribution in [3.63, 3.8) is 0 Å². The summed E-state index contributed by atoms with van der Waals surface area (Å²) in [6.45, 7) is 7.26. The van der Waals surface area contributed by atoms with Crippen molar-refractivity contribution in [3.05, 3.63) is 65.0 Å². The van der Waals surface area contributed by atoms with E-state index < -0.39 is 0 Å². The molecule has 214 valence electrons. The highest BCUT2D eigenvalue weighted by molar-refractivity contribution is 6.03. The van der Waals surface area contributed by atoms with Gasteiger partial charge in [-0.3, -0.25) is 4.79 Å². The van der Waals surface area contributed by atoms with Crippen molar-refractivity contribution in [2.45, 2.75) is 69.4 Å². The lowest BCUT2D eigenvalue weighted by molar-refractivity contribution is 0.0699. The van der Waals surface area contributed by atoms with E-state index in [9.17, 15) is 10.1 Å². The first-order valence-electron chi connectivity index (χ1n) is 14.5. The maximum absolute atomic E-state index is 13.7. The van der Waals surface area contributed by atoms with Crippen molar-refractivity contribution >= 4 is 17.3 Å². The van der Waals surface area contributed by atoms with Gasteiger partial charge >= 0.3 is 0 Å². The van der Waals surface area contributed by atoms with Gasteiger partial charge in [0.25, 0.3) is 5.91 Å². The zero-order valence-corrected chi connectivity index (χ0v) is 24.0. The second-order valence-electron chi connectivity index (χ2n) is 12.4. The number of carbonyl (C=O) groups excluding carboxylic acids is 1. The number of rotatable bonds is 8. The number of benzene rings is 1. The van der Waals surface area contributed by atoms with Gasteiger partial charge in [0.15, 0.2) is 0 Å². The average Bonchev–Trinajstić information content (AvgIpc) is 3.52. The maximum atomic E-state index is 13.7. The molecule has 1 saturated heterocycles. The highest BCUT2D eigenvalue weighted by Gasteiger charge is 2.49. The first-order valence-corrected chi connectivity index (χ1v) is 14.5. The fourth-order valence-electron chi connectivity index (χ4n) is 6.64. The van der Waals surface area contributed by atoms with Crippen molar-refractivity contribution in [1.29, 1.82) is 5.26 Å². The second kappa shape index (κ2) is 10.9. The van der Waals surface area contributed by atoms with Crippen LogP contribution in [0.25, 0.3) is 0 Å². The van der Waals surface area contributed by atoms with Crippen LogP contribution < -0.4 is 16.0 Å². The number of ether oxygens (including phenoxy) is 1. The molecule has 1 amide bonds. The van der Waals surface area contributed by atoms with Crippen molar-refractivity contribution in [2.75, 3.05) is 30.4 Å². The fraction of sp³-hybridized carbons (Fsp3) is 0.516. The molecular formula is C31H38N8O2. The molecule has 6 rings (SSSR count). The third-order valence-corrected chi connectivity index (χ3v) is 8.89. The Morgan fingerprint density at radius 2 is 2.15 bits per heavy atom. The van der Waals surface area contributed by atoms with Crippen LogP contribution in [-0.4, -0.2) is 51.5 Å². The molecule has 2 fully saturated rings. The summed E-state index contributed by atoms with van der Waals surface area (Å²) >= 11 is 0. The summed E-state index contributed by atoms with van der Waals surface area (Å²) in [4.78, 5) is 18.5. The van der Waals surface area contributed by atoms with Gasteiger partial charge in [-0.25, -0.2) is 4.98 Å². The van der Waals surface area contributed by atoms with Gasteiger partial charge in [-0.05, 0) is 60.9 Å². The molecule has 1 atom stereocenters. The third kappa shape index (κ3) is 5.20. The first-order chi connectivity index (χ1) is 19.8. The fourth-order valence-corrected chi connectivity index (χ4v) is 6.64. The molecule has 4 heterocycles. The normalized spacial score (nSPS) is 24.5. The number of hydrogen-bond donors (Lipinski definition) is 3. The lowest BCUT2D eigenvalue weighted by atomic mass is 9.57. The Hall–Kier alpha value is -3.81. The van der Waals surface area contributed by atoms with Gasteiger partial charge < -0.3 is 25.3 Å². The SMILES string of the molecule is Cn1cnnc1[C@]1(c2cccc(NC(=O)c3cc(CN[C@@H]4CCCOC4)c4c(n3)C(C)(C)CN4)c2)C[C@H](CC#N)C1. The number of aryl methyl sites for hydroxylation is 1. The molecule has 0 unspecified atom stereocenters. The Kier molecular flexibility index (Phi) is 7.26. The molecule has 0 spiro atoms. The number of amides is 1. The Bertz CT molecular complexity index is 1480. The minimum atomic E-state index is -0.337. The molecule has 1 aliphatic carbocycles. The quantitative estimate of drug-likeness (QED) is 0.380. The van der Waals surface area contributed by atoms with Crippen LogP contribution in [0.15, 0.2) is 36.7 Å². The van der Waals surface area contributed by atoms with E-state index in [0.717, 1.165) is 67.2 Å². The second-order valence-corrected chi connectivity index (χ2v) is 12.4. The molecule has 0 bridgehead atoms. The molecule has 41 heavy (non-hydrogen) atoms. The molecule has 0 radical (unpaired) electrons.